The van der Waals surface area contributed by atoms with Crippen molar-refractivity contribution in [3.63, 3.8) is 0 Å². The molecule has 0 aliphatic heterocycles. The molecule has 7 heteroatoms. The van der Waals surface area contributed by atoms with Crippen LogP contribution in [0.25, 0.3) is 11.3 Å². The number of nitrogens with one attached hydrogen (secondary N) is 1. The average molecular weight is 351 g/mol. The maximum absolute atomic E-state index is 12.2. The van der Waals surface area contributed by atoms with Crippen molar-refractivity contribution in [2.24, 2.45) is 0 Å². The SMILES string of the molecule is Cc1cc(-c2cnc(C(C)C)nc2CCNC(=O)c2cccnc2)on1. The van der Waals surface area contributed by atoms with Crippen molar-refractivity contribution < 1.29 is 9.32 Å². The third-order valence-electron chi connectivity index (χ3n) is 3.87. The van der Waals surface area contributed by atoms with Crippen LogP contribution in [-0.2, 0) is 6.42 Å². The number of hydrogen-bond acceptors (Lipinski definition) is 6. The fourth-order valence-corrected chi connectivity index (χ4v) is 2.49. The molecular formula is C19H21N5O2. The molecule has 0 radical (unpaired) electrons. The summed E-state index contributed by atoms with van der Waals surface area (Å²) in [5.74, 6) is 1.45. The Labute approximate surface area is 151 Å². The minimum Gasteiger partial charge on any atom is -0.356 e. The minimum atomic E-state index is -0.159. The molecule has 0 fully saturated rings. The van der Waals surface area contributed by atoms with Gasteiger partial charge in [-0.1, -0.05) is 19.0 Å². The fourth-order valence-electron chi connectivity index (χ4n) is 2.49. The largest absolute Gasteiger partial charge is 0.356 e. The van der Waals surface area contributed by atoms with E-state index >= 15 is 0 Å². The van der Waals surface area contributed by atoms with Crippen LogP contribution in [0.2, 0.25) is 0 Å². The first-order chi connectivity index (χ1) is 12.5. The highest BCUT2D eigenvalue weighted by Gasteiger charge is 2.15. The summed E-state index contributed by atoms with van der Waals surface area (Å²) in [7, 11) is 0. The quantitative estimate of drug-likeness (QED) is 0.734. The first kappa shape index (κ1) is 17.7. The first-order valence-electron chi connectivity index (χ1n) is 8.52. The topological polar surface area (TPSA) is 93.8 Å². The molecule has 3 aromatic rings. The minimum absolute atomic E-state index is 0.159. The third-order valence-corrected chi connectivity index (χ3v) is 3.87. The van der Waals surface area contributed by atoms with E-state index in [-0.39, 0.29) is 11.8 Å². The molecule has 0 aliphatic carbocycles. The molecule has 7 nitrogen and oxygen atoms in total. The Morgan fingerprint density at radius 3 is 2.81 bits per heavy atom. The molecule has 0 atom stereocenters. The number of aryl methyl sites for hydroxylation is 1. The van der Waals surface area contributed by atoms with Gasteiger partial charge in [-0.3, -0.25) is 9.78 Å². The maximum atomic E-state index is 12.2. The van der Waals surface area contributed by atoms with Gasteiger partial charge in [0.2, 0.25) is 0 Å². The van der Waals surface area contributed by atoms with Gasteiger partial charge in [-0.2, -0.15) is 0 Å². The van der Waals surface area contributed by atoms with Gasteiger partial charge >= 0.3 is 0 Å². The van der Waals surface area contributed by atoms with Crippen LogP contribution in [-0.4, -0.2) is 32.6 Å². The van der Waals surface area contributed by atoms with Gasteiger partial charge in [-0.25, -0.2) is 9.97 Å². The van der Waals surface area contributed by atoms with E-state index in [1.54, 1.807) is 30.7 Å². The van der Waals surface area contributed by atoms with Crippen molar-refractivity contribution in [3.05, 3.63) is 59.6 Å². The number of rotatable bonds is 6. The summed E-state index contributed by atoms with van der Waals surface area (Å²) in [6.07, 6.45) is 5.50. The van der Waals surface area contributed by atoms with Crippen LogP contribution in [0.4, 0.5) is 0 Å². The molecule has 1 amide bonds. The highest BCUT2D eigenvalue weighted by Crippen LogP contribution is 2.24. The summed E-state index contributed by atoms with van der Waals surface area (Å²) in [6, 6.07) is 5.32. The lowest BCUT2D eigenvalue weighted by Gasteiger charge is -2.11. The van der Waals surface area contributed by atoms with E-state index in [1.165, 1.54) is 0 Å². The lowest BCUT2D eigenvalue weighted by molar-refractivity contribution is 0.0953. The smallest absolute Gasteiger partial charge is 0.252 e. The summed E-state index contributed by atoms with van der Waals surface area (Å²) in [5.41, 5.74) is 2.95. The summed E-state index contributed by atoms with van der Waals surface area (Å²) in [6.45, 7) is 6.40. The van der Waals surface area contributed by atoms with Gasteiger partial charge in [-0.05, 0) is 19.1 Å². The number of hydrogen-bond donors (Lipinski definition) is 1. The normalized spacial score (nSPS) is 10.9. The highest BCUT2D eigenvalue weighted by molar-refractivity contribution is 5.93. The Morgan fingerprint density at radius 1 is 1.31 bits per heavy atom. The number of nitrogens with zero attached hydrogens (tertiary/aromatic N) is 4. The van der Waals surface area contributed by atoms with Gasteiger partial charge in [0.25, 0.3) is 5.91 Å². The van der Waals surface area contributed by atoms with Gasteiger partial charge in [-0.15, -0.1) is 0 Å². The van der Waals surface area contributed by atoms with Crippen molar-refractivity contribution in [1.82, 2.24) is 25.4 Å². The number of pyridine rings is 1. The Kier molecular flexibility index (Phi) is 5.36. The lowest BCUT2D eigenvalue weighted by atomic mass is 10.1. The molecule has 0 saturated heterocycles. The molecule has 3 rings (SSSR count). The van der Waals surface area contributed by atoms with E-state index in [4.69, 9.17) is 4.52 Å². The number of amides is 1. The third kappa shape index (κ3) is 4.11. The summed E-state index contributed by atoms with van der Waals surface area (Å²) >= 11 is 0. The predicted molar refractivity (Wildman–Crippen MR) is 96.6 cm³/mol. The van der Waals surface area contributed by atoms with Crippen LogP contribution >= 0.6 is 0 Å². The van der Waals surface area contributed by atoms with E-state index in [0.29, 0.717) is 24.3 Å². The molecule has 26 heavy (non-hydrogen) atoms. The molecule has 0 aromatic carbocycles. The van der Waals surface area contributed by atoms with Crippen molar-refractivity contribution in [1.29, 1.82) is 0 Å². The number of aromatic nitrogens is 4. The average Bonchev–Trinajstić information content (AvgIpc) is 3.08. The van der Waals surface area contributed by atoms with Gasteiger partial charge < -0.3 is 9.84 Å². The Balaban J connectivity index is 1.76. The van der Waals surface area contributed by atoms with Crippen LogP contribution in [0.5, 0.6) is 0 Å². The number of carbonyl (C=O) groups excluding carboxylic acids is 1. The van der Waals surface area contributed by atoms with Crippen LogP contribution in [0.3, 0.4) is 0 Å². The Bertz CT molecular complexity index is 890. The van der Waals surface area contributed by atoms with Crippen molar-refractivity contribution in [2.75, 3.05) is 6.54 Å². The van der Waals surface area contributed by atoms with E-state index in [0.717, 1.165) is 22.8 Å². The zero-order valence-electron chi connectivity index (χ0n) is 15.1. The van der Waals surface area contributed by atoms with Gasteiger partial charge in [0.15, 0.2) is 5.76 Å². The molecule has 134 valence electrons. The summed E-state index contributed by atoms with van der Waals surface area (Å²) < 4.78 is 5.36. The highest BCUT2D eigenvalue weighted by atomic mass is 16.5. The van der Waals surface area contributed by atoms with Crippen molar-refractivity contribution in [2.45, 2.75) is 33.1 Å². The molecule has 0 unspecified atom stereocenters. The predicted octanol–water partition coefficient (Wildman–Crippen LogP) is 2.93. The van der Waals surface area contributed by atoms with Crippen LogP contribution in [0.15, 0.2) is 41.3 Å². The second-order valence-electron chi connectivity index (χ2n) is 6.32. The van der Waals surface area contributed by atoms with Crippen LogP contribution in [0, 0.1) is 6.92 Å². The van der Waals surface area contributed by atoms with Crippen LogP contribution in [0.1, 0.15) is 47.3 Å². The van der Waals surface area contributed by atoms with Gasteiger partial charge in [0.1, 0.15) is 5.82 Å². The molecule has 0 spiro atoms. The molecule has 1 N–H and O–H groups in total. The zero-order chi connectivity index (χ0) is 18.5. The maximum Gasteiger partial charge on any atom is 0.252 e. The molecule has 3 aromatic heterocycles. The van der Waals surface area contributed by atoms with E-state index in [1.807, 2.05) is 26.8 Å². The van der Waals surface area contributed by atoms with Gasteiger partial charge in [0.05, 0.1) is 22.5 Å². The van der Waals surface area contributed by atoms with E-state index < -0.39 is 0 Å². The molecule has 0 saturated carbocycles. The summed E-state index contributed by atoms with van der Waals surface area (Å²) in [5, 5.41) is 6.83. The Hall–Kier alpha value is -3.09. The Morgan fingerprint density at radius 2 is 2.15 bits per heavy atom. The second-order valence-corrected chi connectivity index (χ2v) is 6.32. The van der Waals surface area contributed by atoms with E-state index in [9.17, 15) is 4.79 Å². The monoisotopic (exact) mass is 351 g/mol. The van der Waals surface area contributed by atoms with Gasteiger partial charge in [0, 0.05) is 43.5 Å². The molecule has 0 bridgehead atoms. The molecule has 3 heterocycles. The number of carbonyl (C=O) groups is 1. The molecular weight excluding hydrogens is 330 g/mol. The second kappa shape index (κ2) is 7.86. The fraction of sp³-hybridized carbons (Fsp3) is 0.316. The van der Waals surface area contributed by atoms with Crippen LogP contribution < -0.4 is 5.32 Å². The molecule has 0 aliphatic rings. The standard InChI is InChI=1S/C19H21N5O2/c1-12(2)18-22-11-15(17-9-13(3)24-26-17)16(23-18)6-8-21-19(25)14-5-4-7-20-10-14/h4-5,7,9-12H,6,8H2,1-3H3,(H,21,25). The first-order valence-corrected chi connectivity index (χ1v) is 8.52. The summed E-state index contributed by atoms with van der Waals surface area (Å²) in [4.78, 5) is 25.2. The van der Waals surface area contributed by atoms with E-state index in [2.05, 4.69) is 25.4 Å². The van der Waals surface area contributed by atoms with Crippen molar-refractivity contribution in [3.8, 4) is 11.3 Å². The lowest BCUT2D eigenvalue weighted by Crippen LogP contribution is -2.26. The zero-order valence-corrected chi connectivity index (χ0v) is 15.1. The van der Waals surface area contributed by atoms with Crippen molar-refractivity contribution >= 4 is 5.91 Å².